The molecule has 104 valence electrons. The zero-order valence-electron chi connectivity index (χ0n) is 11.0. The third-order valence-electron chi connectivity index (χ3n) is 3.52. The normalized spacial score (nSPS) is 17.4. The second-order valence-electron chi connectivity index (χ2n) is 5.12. The summed E-state index contributed by atoms with van der Waals surface area (Å²) >= 11 is 11.9. The molecule has 1 aliphatic rings. The molecule has 0 unspecified atom stereocenters. The quantitative estimate of drug-likeness (QED) is 0.924. The molecule has 19 heavy (non-hydrogen) atoms. The summed E-state index contributed by atoms with van der Waals surface area (Å²) in [5.41, 5.74) is 0.629. The first kappa shape index (κ1) is 14.6. The van der Waals surface area contributed by atoms with Crippen LogP contribution < -0.4 is 5.32 Å². The topological polar surface area (TPSA) is 32.3 Å². The molecule has 1 amide bonds. The van der Waals surface area contributed by atoms with Crippen LogP contribution in [-0.2, 0) is 4.79 Å². The fourth-order valence-corrected chi connectivity index (χ4v) is 2.78. The molecule has 3 nitrogen and oxygen atoms in total. The van der Waals surface area contributed by atoms with Gasteiger partial charge in [0.1, 0.15) is 0 Å². The predicted molar refractivity (Wildman–Crippen MR) is 79.9 cm³/mol. The molecule has 1 fully saturated rings. The highest BCUT2D eigenvalue weighted by Gasteiger charge is 2.19. The van der Waals surface area contributed by atoms with Gasteiger partial charge in [-0.2, -0.15) is 0 Å². The molecule has 1 N–H and O–H groups in total. The van der Waals surface area contributed by atoms with Crippen LogP contribution in [0.5, 0.6) is 0 Å². The SMILES string of the molecule is CN1CCC(CC(=O)Nc2ccc(Cl)cc2Cl)CC1. The number of likely N-dealkylation sites (tertiary alicyclic amines) is 1. The number of rotatable bonds is 3. The Morgan fingerprint density at radius 3 is 2.68 bits per heavy atom. The number of nitrogens with one attached hydrogen (secondary N) is 1. The van der Waals surface area contributed by atoms with Crippen molar-refractivity contribution in [1.82, 2.24) is 4.90 Å². The van der Waals surface area contributed by atoms with Crippen molar-refractivity contribution in [3.8, 4) is 0 Å². The van der Waals surface area contributed by atoms with Gasteiger partial charge in [0.15, 0.2) is 0 Å². The first-order valence-electron chi connectivity index (χ1n) is 6.48. The molecular weight excluding hydrogens is 283 g/mol. The molecule has 0 aliphatic carbocycles. The fourth-order valence-electron chi connectivity index (χ4n) is 2.32. The van der Waals surface area contributed by atoms with E-state index in [0.717, 1.165) is 25.9 Å². The lowest BCUT2D eigenvalue weighted by Crippen LogP contribution is -2.31. The lowest BCUT2D eigenvalue weighted by atomic mass is 9.93. The van der Waals surface area contributed by atoms with Gasteiger partial charge >= 0.3 is 0 Å². The summed E-state index contributed by atoms with van der Waals surface area (Å²) in [5, 5.41) is 3.90. The molecule has 0 radical (unpaired) electrons. The molecule has 1 aromatic rings. The molecule has 2 rings (SSSR count). The molecule has 0 saturated carbocycles. The number of benzene rings is 1. The van der Waals surface area contributed by atoms with Crippen LogP contribution in [-0.4, -0.2) is 30.9 Å². The van der Waals surface area contributed by atoms with Crippen molar-refractivity contribution in [2.45, 2.75) is 19.3 Å². The highest BCUT2D eigenvalue weighted by molar-refractivity contribution is 6.36. The van der Waals surface area contributed by atoms with Crippen molar-refractivity contribution in [2.24, 2.45) is 5.92 Å². The van der Waals surface area contributed by atoms with E-state index in [2.05, 4.69) is 17.3 Å². The summed E-state index contributed by atoms with van der Waals surface area (Å²) < 4.78 is 0. The maximum Gasteiger partial charge on any atom is 0.224 e. The van der Waals surface area contributed by atoms with Crippen molar-refractivity contribution in [1.29, 1.82) is 0 Å². The summed E-state index contributed by atoms with van der Waals surface area (Å²) in [4.78, 5) is 14.3. The van der Waals surface area contributed by atoms with Crippen LogP contribution in [0.1, 0.15) is 19.3 Å². The van der Waals surface area contributed by atoms with E-state index in [0.29, 0.717) is 28.1 Å². The summed E-state index contributed by atoms with van der Waals surface area (Å²) in [6.07, 6.45) is 2.73. The minimum absolute atomic E-state index is 0.0266. The van der Waals surface area contributed by atoms with Gasteiger partial charge in [-0.05, 0) is 57.1 Å². The third-order valence-corrected chi connectivity index (χ3v) is 4.07. The van der Waals surface area contributed by atoms with Crippen molar-refractivity contribution >= 4 is 34.8 Å². The van der Waals surface area contributed by atoms with Gasteiger partial charge in [-0.25, -0.2) is 0 Å². The Hall–Kier alpha value is -0.770. The van der Waals surface area contributed by atoms with E-state index in [9.17, 15) is 4.79 Å². The number of anilines is 1. The zero-order chi connectivity index (χ0) is 13.8. The second kappa shape index (κ2) is 6.60. The number of carbonyl (C=O) groups is 1. The number of carbonyl (C=O) groups excluding carboxylic acids is 1. The maximum atomic E-state index is 12.0. The van der Waals surface area contributed by atoms with E-state index >= 15 is 0 Å². The molecule has 1 heterocycles. The summed E-state index contributed by atoms with van der Waals surface area (Å²) in [7, 11) is 2.11. The largest absolute Gasteiger partial charge is 0.325 e. The molecule has 0 spiro atoms. The van der Waals surface area contributed by atoms with Crippen LogP contribution >= 0.6 is 23.2 Å². The number of nitrogens with zero attached hydrogens (tertiary/aromatic N) is 1. The predicted octanol–water partition coefficient (Wildman–Crippen LogP) is 3.66. The fraction of sp³-hybridized carbons (Fsp3) is 0.500. The highest BCUT2D eigenvalue weighted by atomic mass is 35.5. The molecule has 1 saturated heterocycles. The van der Waals surface area contributed by atoms with Gasteiger partial charge in [0.25, 0.3) is 0 Å². The van der Waals surface area contributed by atoms with Crippen LogP contribution in [0.3, 0.4) is 0 Å². The minimum Gasteiger partial charge on any atom is -0.325 e. The second-order valence-corrected chi connectivity index (χ2v) is 5.97. The van der Waals surface area contributed by atoms with Gasteiger partial charge in [0.2, 0.25) is 5.91 Å². The van der Waals surface area contributed by atoms with E-state index in [-0.39, 0.29) is 5.91 Å². The van der Waals surface area contributed by atoms with Crippen LogP contribution in [0.25, 0.3) is 0 Å². The van der Waals surface area contributed by atoms with Gasteiger partial charge in [-0.3, -0.25) is 4.79 Å². The van der Waals surface area contributed by atoms with Crippen molar-refractivity contribution in [3.63, 3.8) is 0 Å². The molecule has 5 heteroatoms. The Bertz CT molecular complexity index is 457. The Labute approximate surface area is 123 Å². The van der Waals surface area contributed by atoms with E-state index in [1.54, 1.807) is 18.2 Å². The van der Waals surface area contributed by atoms with Crippen LogP contribution in [0.15, 0.2) is 18.2 Å². The zero-order valence-corrected chi connectivity index (χ0v) is 12.5. The molecule has 0 aromatic heterocycles. The van der Waals surface area contributed by atoms with Gasteiger partial charge in [0, 0.05) is 11.4 Å². The van der Waals surface area contributed by atoms with Crippen molar-refractivity contribution in [2.75, 3.05) is 25.5 Å². The van der Waals surface area contributed by atoms with Gasteiger partial charge < -0.3 is 10.2 Å². The van der Waals surface area contributed by atoms with Crippen molar-refractivity contribution in [3.05, 3.63) is 28.2 Å². The average Bonchev–Trinajstić information content (AvgIpc) is 2.36. The molecule has 1 aliphatic heterocycles. The van der Waals surface area contributed by atoms with Crippen LogP contribution in [0.4, 0.5) is 5.69 Å². The minimum atomic E-state index is 0.0266. The standard InChI is InChI=1S/C14H18Cl2N2O/c1-18-6-4-10(5-7-18)8-14(19)17-13-3-2-11(15)9-12(13)16/h2-3,9-10H,4-8H2,1H3,(H,17,19). The van der Waals surface area contributed by atoms with Gasteiger partial charge in [-0.15, -0.1) is 0 Å². The Balaban J connectivity index is 1.87. The number of hydrogen-bond acceptors (Lipinski definition) is 2. The summed E-state index contributed by atoms with van der Waals surface area (Å²) in [6.45, 7) is 2.14. The van der Waals surface area contributed by atoms with E-state index < -0.39 is 0 Å². The van der Waals surface area contributed by atoms with E-state index in [1.165, 1.54) is 0 Å². The van der Waals surface area contributed by atoms with Gasteiger partial charge in [0.05, 0.1) is 10.7 Å². The van der Waals surface area contributed by atoms with Crippen molar-refractivity contribution < 1.29 is 4.79 Å². The van der Waals surface area contributed by atoms with Crippen LogP contribution in [0, 0.1) is 5.92 Å². The lowest BCUT2D eigenvalue weighted by molar-refractivity contribution is -0.117. The first-order chi connectivity index (χ1) is 9.04. The Kier molecular flexibility index (Phi) is 5.08. The number of hydrogen-bond donors (Lipinski definition) is 1. The monoisotopic (exact) mass is 300 g/mol. The molecular formula is C14H18Cl2N2O. The first-order valence-corrected chi connectivity index (χ1v) is 7.23. The van der Waals surface area contributed by atoms with E-state index in [1.807, 2.05) is 0 Å². The molecule has 0 atom stereocenters. The Morgan fingerprint density at radius 2 is 2.05 bits per heavy atom. The van der Waals surface area contributed by atoms with Crippen LogP contribution in [0.2, 0.25) is 10.0 Å². The van der Waals surface area contributed by atoms with Gasteiger partial charge in [-0.1, -0.05) is 23.2 Å². The summed E-state index contributed by atoms with van der Waals surface area (Å²) in [5.74, 6) is 0.501. The smallest absolute Gasteiger partial charge is 0.224 e. The Morgan fingerprint density at radius 1 is 1.37 bits per heavy atom. The summed E-state index contributed by atoms with van der Waals surface area (Å²) in [6, 6.07) is 5.09. The number of halogens is 2. The average molecular weight is 301 g/mol. The molecule has 1 aromatic carbocycles. The van der Waals surface area contributed by atoms with E-state index in [4.69, 9.17) is 23.2 Å². The molecule has 0 bridgehead atoms. The number of amides is 1. The maximum absolute atomic E-state index is 12.0. The number of piperidine rings is 1. The lowest BCUT2D eigenvalue weighted by Gasteiger charge is -2.28. The third kappa shape index (κ3) is 4.37. The highest BCUT2D eigenvalue weighted by Crippen LogP contribution is 2.26.